The summed E-state index contributed by atoms with van der Waals surface area (Å²) in [5.41, 5.74) is 6.16. The molecular weight excluding hydrogens is 342 g/mol. The van der Waals surface area contributed by atoms with Crippen LogP contribution in [0.3, 0.4) is 0 Å². The Kier molecular flexibility index (Phi) is 3.58. The van der Waals surface area contributed by atoms with Crippen molar-refractivity contribution >= 4 is 5.91 Å². The molecule has 2 nitrogen and oxygen atoms in total. The van der Waals surface area contributed by atoms with Crippen LogP contribution in [-0.2, 0) is 18.4 Å². The summed E-state index contributed by atoms with van der Waals surface area (Å²) in [6, 6.07) is 25.6. The number of amides is 1. The molecule has 0 radical (unpaired) electrons. The molecule has 5 rings (SSSR count). The number of fused-ring (bicyclic) bond motifs is 6. The van der Waals surface area contributed by atoms with Crippen LogP contribution >= 0.6 is 0 Å². The molecule has 0 N–H and O–H groups in total. The Bertz CT molecular complexity index is 1040. The number of nitrogens with zero attached hydrogens (tertiary/aromatic N) is 1. The van der Waals surface area contributed by atoms with Gasteiger partial charge in [0.1, 0.15) is 5.54 Å². The standard InChI is InChI=1S/C26H25NO/c1-25(2,3)27-24(28)20-12-6-9-15-23(20)26(27)21-13-7-4-10-18(21)16-17-19-11-5-8-14-22(19)26/h4-15H,16-17H2,1-3H3. The van der Waals surface area contributed by atoms with Crippen molar-refractivity contribution in [3.63, 3.8) is 0 Å². The third-order valence-electron chi connectivity index (χ3n) is 6.23. The lowest BCUT2D eigenvalue weighted by atomic mass is 9.73. The predicted molar refractivity (Wildman–Crippen MR) is 113 cm³/mol. The minimum Gasteiger partial charge on any atom is -0.316 e. The third kappa shape index (κ3) is 2.12. The first-order chi connectivity index (χ1) is 13.5. The summed E-state index contributed by atoms with van der Waals surface area (Å²) in [4.78, 5) is 15.9. The zero-order valence-electron chi connectivity index (χ0n) is 16.7. The summed E-state index contributed by atoms with van der Waals surface area (Å²) in [6.45, 7) is 6.44. The lowest BCUT2D eigenvalue weighted by Crippen LogP contribution is -2.55. The van der Waals surface area contributed by atoms with Gasteiger partial charge in [-0.05, 0) is 67.5 Å². The fraction of sp³-hybridized carbons (Fsp3) is 0.269. The molecule has 140 valence electrons. The average molecular weight is 367 g/mol. The van der Waals surface area contributed by atoms with E-state index in [0.717, 1.165) is 24.0 Å². The van der Waals surface area contributed by atoms with Crippen molar-refractivity contribution in [3.05, 3.63) is 106 Å². The molecule has 0 saturated carbocycles. The van der Waals surface area contributed by atoms with Crippen LogP contribution in [0.4, 0.5) is 0 Å². The van der Waals surface area contributed by atoms with Crippen LogP contribution in [0.2, 0.25) is 0 Å². The maximum absolute atomic E-state index is 13.8. The van der Waals surface area contributed by atoms with E-state index < -0.39 is 5.54 Å². The summed E-state index contributed by atoms with van der Waals surface area (Å²) in [5.74, 6) is 0.120. The van der Waals surface area contributed by atoms with Gasteiger partial charge in [0.05, 0.1) is 0 Å². The topological polar surface area (TPSA) is 20.3 Å². The Morgan fingerprint density at radius 2 is 1.18 bits per heavy atom. The molecule has 0 unspecified atom stereocenters. The normalized spacial score (nSPS) is 17.1. The highest BCUT2D eigenvalue weighted by atomic mass is 16.2. The first kappa shape index (κ1) is 17.2. The molecule has 3 aromatic rings. The second-order valence-corrected chi connectivity index (χ2v) is 8.88. The van der Waals surface area contributed by atoms with Crippen LogP contribution in [0, 0.1) is 0 Å². The van der Waals surface area contributed by atoms with Gasteiger partial charge in [-0.2, -0.15) is 0 Å². The Balaban J connectivity index is 2.00. The molecule has 0 fully saturated rings. The molecule has 1 heterocycles. The van der Waals surface area contributed by atoms with Crippen molar-refractivity contribution in [2.45, 2.75) is 44.7 Å². The lowest BCUT2D eigenvalue weighted by molar-refractivity contribution is 0.0407. The van der Waals surface area contributed by atoms with E-state index in [2.05, 4.69) is 86.3 Å². The maximum atomic E-state index is 13.8. The van der Waals surface area contributed by atoms with Gasteiger partial charge in [0.25, 0.3) is 5.91 Å². The molecule has 0 aromatic heterocycles. The molecular formula is C26H25NO. The van der Waals surface area contributed by atoms with E-state index in [9.17, 15) is 4.79 Å². The largest absolute Gasteiger partial charge is 0.316 e. The van der Waals surface area contributed by atoms with Crippen LogP contribution in [0.25, 0.3) is 0 Å². The highest BCUT2D eigenvalue weighted by Crippen LogP contribution is 2.54. The van der Waals surface area contributed by atoms with Crippen LogP contribution in [-0.4, -0.2) is 16.3 Å². The van der Waals surface area contributed by atoms with Gasteiger partial charge in [-0.15, -0.1) is 0 Å². The zero-order chi connectivity index (χ0) is 19.5. The van der Waals surface area contributed by atoms with Gasteiger partial charge >= 0.3 is 0 Å². The lowest BCUT2D eigenvalue weighted by Gasteiger charge is -2.48. The Morgan fingerprint density at radius 1 is 0.714 bits per heavy atom. The molecule has 1 aliphatic heterocycles. The van der Waals surface area contributed by atoms with Gasteiger partial charge in [0.15, 0.2) is 0 Å². The summed E-state index contributed by atoms with van der Waals surface area (Å²) >= 11 is 0. The molecule has 2 heteroatoms. The summed E-state index contributed by atoms with van der Waals surface area (Å²) in [6.07, 6.45) is 1.98. The average Bonchev–Trinajstić information content (AvgIpc) is 2.87. The Morgan fingerprint density at radius 3 is 1.71 bits per heavy atom. The SMILES string of the molecule is CC(C)(C)N1C(=O)c2ccccc2C12c1ccccc1CCc1ccccc12. The van der Waals surface area contributed by atoms with E-state index in [4.69, 9.17) is 0 Å². The second-order valence-electron chi connectivity index (χ2n) is 8.88. The molecule has 0 atom stereocenters. The smallest absolute Gasteiger partial charge is 0.255 e. The number of rotatable bonds is 0. The van der Waals surface area contributed by atoms with Crippen molar-refractivity contribution in [2.75, 3.05) is 0 Å². The van der Waals surface area contributed by atoms with Crippen molar-refractivity contribution in [3.8, 4) is 0 Å². The number of carbonyl (C=O) groups is 1. The molecule has 1 amide bonds. The predicted octanol–water partition coefficient (Wildman–Crippen LogP) is 5.33. The van der Waals surface area contributed by atoms with Gasteiger partial charge in [0.2, 0.25) is 0 Å². The van der Waals surface area contributed by atoms with Gasteiger partial charge in [-0.25, -0.2) is 0 Å². The molecule has 2 aliphatic rings. The first-order valence-corrected chi connectivity index (χ1v) is 10.1. The van der Waals surface area contributed by atoms with E-state index in [1.165, 1.54) is 22.3 Å². The number of hydrogen-bond donors (Lipinski definition) is 0. The monoisotopic (exact) mass is 367 g/mol. The van der Waals surface area contributed by atoms with E-state index >= 15 is 0 Å². The summed E-state index contributed by atoms with van der Waals surface area (Å²) in [5, 5.41) is 0. The van der Waals surface area contributed by atoms with Crippen LogP contribution in [0.5, 0.6) is 0 Å². The number of aryl methyl sites for hydroxylation is 2. The minimum absolute atomic E-state index is 0.120. The fourth-order valence-electron chi connectivity index (χ4n) is 5.31. The summed E-state index contributed by atoms with van der Waals surface area (Å²) in [7, 11) is 0. The van der Waals surface area contributed by atoms with E-state index in [1.54, 1.807) is 0 Å². The van der Waals surface area contributed by atoms with Gasteiger partial charge < -0.3 is 4.90 Å². The molecule has 0 saturated heterocycles. The van der Waals surface area contributed by atoms with Crippen LogP contribution < -0.4 is 0 Å². The third-order valence-corrected chi connectivity index (χ3v) is 6.23. The van der Waals surface area contributed by atoms with E-state index in [0.29, 0.717) is 0 Å². The van der Waals surface area contributed by atoms with Gasteiger partial charge in [-0.3, -0.25) is 4.79 Å². The fourth-order valence-corrected chi connectivity index (χ4v) is 5.31. The first-order valence-electron chi connectivity index (χ1n) is 10.1. The molecule has 1 aliphatic carbocycles. The molecule has 3 aromatic carbocycles. The highest BCUT2D eigenvalue weighted by Gasteiger charge is 2.57. The van der Waals surface area contributed by atoms with Crippen molar-refractivity contribution in [1.82, 2.24) is 4.90 Å². The van der Waals surface area contributed by atoms with Crippen LogP contribution in [0.15, 0.2) is 72.8 Å². The Hall–Kier alpha value is -2.87. The zero-order valence-corrected chi connectivity index (χ0v) is 16.7. The Labute approximate surface area is 166 Å². The molecule has 28 heavy (non-hydrogen) atoms. The van der Waals surface area contributed by atoms with E-state index in [-0.39, 0.29) is 11.4 Å². The second kappa shape index (κ2) is 5.81. The van der Waals surface area contributed by atoms with Crippen LogP contribution in [0.1, 0.15) is 58.9 Å². The van der Waals surface area contributed by atoms with Gasteiger partial charge in [0, 0.05) is 11.1 Å². The number of carbonyl (C=O) groups excluding carboxylic acids is 1. The molecule has 0 bridgehead atoms. The van der Waals surface area contributed by atoms with E-state index in [1.807, 2.05) is 12.1 Å². The number of benzene rings is 3. The minimum atomic E-state index is -0.588. The quantitative estimate of drug-likeness (QED) is 0.526. The van der Waals surface area contributed by atoms with Crippen molar-refractivity contribution in [1.29, 1.82) is 0 Å². The van der Waals surface area contributed by atoms with Crippen molar-refractivity contribution in [2.24, 2.45) is 0 Å². The van der Waals surface area contributed by atoms with Gasteiger partial charge in [-0.1, -0.05) is 66.7 Å². The maximum Gasteiger partial charge on any atom is 0.255 e. The summed E-state index contributed by atoms with van der Waals surface area (Å²) < 4.78 is 0. The highest BCUT2D eigenvalue weighted by molar-refractivity contribution is 6.02. The molecule has 1 spiro atoms. The number of hydrogen-bond acceptors (Lipinski definition) is 1. The van der Waals surface area contributed by atoms with Crippen molar-refractivity contribution < 1.29 is 4.79 Å².